The maximum absolute atomic E-state index is 11.1. The molecule has 1 aliphatic heterocycles. The third-order valence-electron chi connectivity index (χ3n) is 4.45. The first-order valence-corrected chi connectivity index (χ1v) is 8.73. The number of amides is 1. The molecule has 1 aromatic carbocycles. The highest BCUT2D eigenvalue weighted by Gasteiger charge is 2.25. The van der Waals surface area contributed by atoms with Crippen molar-refractivity contribution >= 4 is 6.41 Å². The monoisotopic (exact) mass is 350 g/mol. The summed E-state index contributed by atoms with van der Waals surface area (Å²) in [5, 5.41) is 13.4. The minimum atomic E-state index is -0.607. The Morgan fingerprint density at radius 1 is 1.40 bits per heavy atom. The first-order chi connectivity index (χ1) is 11.7. The zero-order chi connectivity index (χ0) is 18.6. The third kappa shape index (κ3) is 5.09. The number of aliphatic hydroxyl groups excluding tert-OH is 1. The second-order valence-corrected chi connectivity index (χ2v) is 7.57. The lowest BCUT2D eigenvalue weighted by Gasteiger charge is -2.33. The van der Waals surface area contributed by atoms with E-state index in [0.29, 0.717) is 24.6 Å². The highest BCUT2D eigenvalue weighted by molar-refractivity contribution is 5.54. The first kappa shape index (κ1) is 19.5. The summed E-state index contributed by atoms with van der Waals surface area (Å²) in [6, 6.07) is 3.92. The predicted octanol–water partition coefficient (Wildman–Crippen LogP) is 1.90. The third-order valence-corrected chi connectivity index (χ3v) is 4.45. The van der Waals surface area contributed by atoms with Crippen LogP contribution in [0.4, 0.5) is 0 Å². The number of ether oxygens (including phenoxy) is 2. The van der Waals surface area contributed by atoms with Crippen LogP contribution in [0.15, 0.2) is 12.1 Å². The smallest absolute Gasteiger partial charge is 0.210 e. The Morgan fingerprint density at radius 3 is 2.72 bits per heavy atom. The van der Waals surface area contributed by atoms with Crippen molar-refractivity contribution in [2.24, 2.45) is 0 Å². The number of hydrogen-bond acceptors (Lipinski definition) is 5. The number of β-amino-alcohol motifs (C(OH)–C–C–N with tert-alkyl or cyclic N) is 1. The van der Waals surface area contributed by atoms with Gasteiger partial charge in [0.15, 0.2) is 11.5 Å². The molecule has 0 fully saturated rings. The van der Waals surface area contributed by atoms with Gasteiger partial charge >= 0.3 is 0 Å². The second kappa shape index (κ2) is 8.06. The number of fused-ring (bicyclic) bond motifs is 1. The molecule has 6 heteroatoms. The Bertz CT molecular complexity index is 598. The average Bonchev–Trinajstić information content (AvgIpc) is 2.57. The van der Waals surface area contributed by atoms with Crippen molar-refractivity contribution in [1.29, 1.82) is 0 Å². The molecule has 6 nitrogen and oxygen atoms in total. The lowest BCUT2D eigenvalue weighted by molar-refractivity contribution is -0.120. The topological polar surface area (TPSA) is 71.0 Å². The van der Waals surface area contributed by atoms with E-state index in [1.807, 2.05) is 19.1 Å². The van der Waals surface area contributed by atoms with E-state index in [2.05, 4.69) is 26.1 Å². The van der Waals surface area contributed by atoms with Crippen LogP contribution >= 0.6 is 0 Å². The van der Waals surface area contributed by atoms with E-state index in [-0.39, 0.29) is 18.2 Å². The van der Waals surface area contributed by atoms with E-state index in [4.69, 9.17) is 9.47 Å². The molecule has 0 aliphatic carbocycles. The van der Waals surface area contributed by atoms with Crippen molar-refractivity contribution < 1.29 is 19.4 Å². The molecule has 1 aliphatic rings. The molecule has 0 saturated carbocycles. The Hall–Kier alpha value is -1.79. The largest absolute Gasteiger partial charge is 0.493 e. The van der Waals surface area contributed by atoms with Gasteiger partial charge in [0.1, 0.15) is 12.7 Å². The molecular formula is C19H30N2O4. The number of hydrogen-bond donors (Lipinski definition) is 2. The summed E-state index contributed by atoms with van der Waals surface area (Å²) in [6.07, 6.45) is 1.07. The SMILES string of the molecule is COc1cc2c(cc1OCC(O)CNC(C)(C)C)CCN(C=O)C2C. The first-order valence-electron chi connectivity index (χ1n) is 8.73. The summed E-state index contributed by atoms with van der Waals surface area (Å²) in [6.45, 7) is 9.51. The van der Waals surface area contributed by atoms with Crippen molar-refractivity contribution in [3.05, 3.63) is 23.3 Å². The van der Waals surface area contributed by atoms with Gasteiger partial charge in [-0.15, -0.1) is 0 Å². The van der Waals surface area contributed by atoms with Gasteiger partial charge in [-0.1, -0.05) is 0 Å². The Balaban J connectivity index is 2.08. The van der Waals surface area contributed by atoms with Crippen LogP contribution < -0.4 is 14.8 Å². The fourth-order valence-electron chi connectivity index (χ4n) is 2.93. The fourth-order valence-corrected chi connectivity index (χ4v) is 2.93. The van der Waals surface area contributed by atoms with E-state index in [1.165, 1.54) is 0 Å². The number of benzene rings is 1. The van der Waals surface area contributed by atoms with Gasteiger partial charge in [-0.25, -0.2) is 0 Å². The molecular weight excluding hydrogens is 320 g/mol. The van der Waals surface area contributed by atoms with Gasteiger partial charge in [0.25, 0.3) is 0 Å². The van der Waals surface area contributed by atoms with Crippen LogP contribution in [-0.4, -0.2) is 54.9 Å². The van der Waals surface area contributed by atoms with Gasteiger partial charge in [0, 0.05) is 18.6 Å². The quantitative estimate of drug-likeness (QED) is 0.735. The van der Waals surface area contributed by atoms with Crippen molar-refractivity contribution in [2.75, 3.05) is 26.8 Å². The summed E-state index contributed by atoms with van der Waals surface area (Å²) >= 11 is 0. The summed E-state index contributed by atoms with van der Waals surface area (Å²) < 4.78 is 11.3. The molecule has 0 spiro atoms. The van der Waals surface area contributed by atoms with Crippen molar-refractivity contribution in [3.8, 4) is 11.5 Å². The molecule has 2 N–H and O–H groups in total. The van der Waals surface area contributed by atoms with Crippen LogP contribution in [0.25, 0.3) is 0 Å². The molecule has 2 rings (SSSR count). The standard InChI is InChI=1S/C19H30N2O4/c1-13-16-9-17(24-5)18(8-14(16)6-7-21(13)12-22)25-11-15(23)10-20-19(2,3)4/h8-9,12-13,15,20,23H,6-7,10-11H2,1-5H3. The van der Waals surface area contributed by atoms with Crippen molar-refractivity contribution in [1.82, 2.24) is 10.2 Å². The van der Waals surface area contributed by atoms with Gasteiger partial charge < -0.3 is 24.8 Å². The zero-order valence-corrected chi connectivity index (χ0v) is 15.8. The van der Waals surface area contributed by atoms with Gasteiger partial charge in [0.2, 0.25) is 6.41 Å². The highest BCUT2D eigenvalue weighted by atomic mass is 16.5. The van der Waals surface area contributed by atoms with Gasteiger partial charge in [0.05, 0.1) is 13.2 Å². The van der Waals surface area contributed by atoms with Crippen LogP contribution in [0, 0.1) is 0 Å². The molecule has 0 saturated heterocycles. The summed E-state index contributed by atoms with van der Waals surface area (Å²) in [5.74, 6) is 1.25. The Labute approximate surface area is 150 Å². The van der Waals surface area contributed by atoms with E-state index in [1.54, 1.807) is 12.0 Å². The number of aliphatic hydroxyl groups is 1. The molecule has 1 aromatic rings. The predicted molar refractivity (Wildman–Crippen MR) is 97.1 cm³/mol. The van der Waals surface area contributed by atoms with E-state index in [0.717, 1.165) is 24.0 Å². The van der Waals surface area contributed by atoms with E-state index >= 15 is 0 Å². The van der Waals surface area contributed by atoms with Crippen LogP contribution in [0.3, 0.4) is 0 Å². The highest BCUT2D eigenvalue weighted by Crippen LogP contribution is 2.37. The summed E-state index contributed by atoms with van der Waals surface area (Å²) in [4.78, 5) is 12.9. The second-order valence-electron chi connectivity index (χ2n) is 7.57. The van der Waals surface area contributed by atoms with Gasteiger partial charge in [-0.05, 0) is 57.4 Å². The van der Waals surface area contributed by atoms with Gasteiger partial charge in [-0.2, -0.15) is 0 Å². The lowest BCUT2D eigenvalue weighted by atomic mass is 9.93. The Morgan fingerprint density at radius 2 is 2.12 bits per heavy atom. The number of rotatable bonds is 7. The zero-order valence-electron chi connectivity index (χ0n) is 15.8. The number of nitrogens with zero attached hydrogens (tertiary/aromatic N) is 1. The van der Waals surface area contributed by atoms with Crippen LogP contribution in [0.5, 0.6) is 11.5 Å². The number of carbonyl (C=O) groups excluding carboxylic acids is 1. The van der Waals surface area contributed by atoms with E-state index in [9.17, 15) is 9.90 Å². The molecule has 1 heterocycles. The number of carbonyl (C=O) groups is 1. The molecule has 0 aromatic heterocycles. The van der Waals surface area contributed by atoms with Crippen LogP contribution in [-0.2, 0) is 11.2 Å². The minimum Gasteiger partial charge on any atom is -0.493 e. The molecule has 0 radical (unpaired) electrons. The summed E-state index contributed by atoms with van der Waals surface area (Å²) in [7, 11) is 1.59. The molecule has 1 amide bonds. The van der Waals surface area contributed by atoms with Crippen LogP contribution in [0.2, 0.25) is 0 Å². The van der Waals surface area contributed by atoms with E-state index < -0.39 is 6.10 Å². The molecule has 2 atom stereocenters. The fraction of sp³-hybridized carbons (Fsp3) is 0.632. The Kier molecular flexibility index (Phi) is 6.30. The summed E-state index contributed by atoms with van der Waals surface area (Å²) in [5.41, 5.74) is 2.19. The molecule has 140 valence electrons. The van der Waals surface area contributed by atoms with Crippen molar-refractivity contribution in [3.63, 3.8) is 0 Å². The maximum atomic E-state index is 11.1. The molecule has 25 heavy (non-hydrogen) atoms. The molecule has 2 unspecified atom stereocenters. The normalized spacial score (nSPS) is 18.5. The van der Waals surface area contributed by atoms with Crippen LogP contribution in [0.1, 0.15) is 44.9 Å². The lowest BCUT2D eigenvalue weighted by Crippen LogP contribution is -2.42. The van der Waals surface area contributed by atoms with Gasteiger partial charge in [-0.3, -0.25) is 4.79 Å². The number of nitrogens with one attached hydrogen (secondary N) is 1. The molecule has 0 bridgehead atoms. The average molecular weight is 350 g/mol. The van der Waals surface area contributed by atoms with Crippen molar-refractivity contribution in [2.45, 2.75) is 51.8 Å². The number of methoxy groups -OCH3 is 1. The minimum absolute atomic E-state index is 0.0192. The maximum Gasteiger partial charge on any atom is 0.210 e.